The number of nitrogens with one attached hydrogen (secondary N) is 1. The molecule has 2 aromatic rings. The fourth-order valence-electron chi connectivity index (χ4n) is 4.20. The molecule has 0 spiro atoms. The van der Waals surface area contributed by atoms with Crippen molar-refractivity contribution in [1.29, 1.82) is 0 Å². The first-order valence-corrected chi connectivity index (χ1v) is 10.6. The van der Waals surface area contributed by atoms with E-state index in [9.17, 15) is 9.59 Å². The highest BCUT2D eigenvalue weighted by molar-refractivity contribution is 6.03. The number of hydrogen-bond acceptors (Lipinski definition) is 4. The van der Waals surface area contributed by atoms with Gasteiger partial charge in [0.15, 0.2) is 6.10 Å². The molecule has 6 heteroatoms. The summed E-state index contributed by atoms with van der Waals surface area (Å²) in [4.78, 5) is 29.2. The molecule has 0 aliphatic carbocycles. The van der Waals surface area contributed by atoms with Gasteiger partial charge >= 0.3 is 0 Å². The Morgan fingerprint density at radius 1 is 1.10 bits per heavy atom. The van der Waals surface area contributed by atoms with Crippen LogP contribution in [0, 0.1) is 6.92 Å². The van der Waals surface area contributed by atoms with Gasteiger partial charge in [-0.15, -0.1) is 0 Å². The van der Waals surface area contributed by atoms with E-state index in [1.165, 1.54) is 16.0 Å². The van der Waals surface area contributed by atoms with Crippen molar-refractivity contribution in [3.8, 4) is 5.75 Å². The van der Waals surface area contributed by atoms with Crippen LogP contribution in [0.3, 0.4) is 0 Å². The Balaban J connectivity index is 1.30. The Morgan fingerprint density at radius 3 is 2.57 bits per heavy atom. The SMILES string of the molecule is Cc1ccccc1CN1CCC(NC(=O)CN2C(=O)[C@@H](C)Oc3ccccc32)CC1. The van der Waals surface area contributed by atoms with Crippen LogP contribution in [-0.2, 0) is 16.1 Å². The predicted octanol–water partition coefficient (Wildman–Crippen LogP) is 2.89. The zero-order valence-corrected chi connectivity index (χ0v) is 17.6. The summed E-state index contributed by atoms with van der Waals surface area (Å²) in [6.07, 6.45) is 1.25. The molecule has 1 N–H and O–H groups in total. The molecule has 0 saturated carbocycles. The monoisotopic (exact) mass is 407 g/mol. The van der Waals surface area contributed by atoms with Crippen molar-refractivity contribution in [2.24, 2.45) is 0 Å². The van der Waals surface area contributed by atoms with Gasteiger partial charge in [0.1, 0.15) is 12.3 Å². The highest BCUT2D eigenvalue weighted by Gasteiger charge is 2.33. The summed E-state index contributed by atoms with van der Waals surface area (Å²) >= 11 is 0. The number of piperidine rings is 1. The number of fused-ring (bicyclic) bond motifs is 1. The molecule has 158 valence electrons. The van der Waals surface area contributed by atoms with Crippen molar-refractivity contribution in [1.82, 2.24) is 10.2 Å². The summed E-state index contributed by atoms with van der Waals surface area (Å²) in [6.45, 7) is 6.74. The molecule has 0 aromatic heterocycles. The van der Waals surface area contributed by atoms with E-state index in [1.54, 1.807) is 6.92 Å². The first kappa shape index (κ1) is 20.4. The first-order valence-electron chi connectivity index (χ1n) is 10.6. The van der Waals surface area contributed by atoms with Gasteiger partial charge in [-0.1, -0.05) is 36.4 Å². The average molecular weight is 408 g/mol. The third-order valence-electron chi connectivity index (χ3n) is 5.98. The molecule has 0 bridgehead atoms. The van der Waals surface area contributed by atoms with E-state index in [0.29, 0.717) is 11.4 Å². The van der Waals surface area contributed by atoms with Crippen molar-refractivity contribution in [2.75, 3.05) is 24.5 Å². The maximum Gasteiger partial charge on any atom is 0.268 e. The first-order chi connectivity index (χ1) is 14.5. The van der Waals surface area contributed by atoms with E-state index in [0.717, 1.165) is 32.5 Å². The molecule has 6 nitrogen and oxygen atoms in total. The average Bonchev–Trinajstić information content (AvgIpc) is 2.74. The third kappa shape index (κ3) is 4.49. The lowest BCUT2D eigenvalue weighted by Crippen LogP contribution is -2.51. The van der Waals surface area contributed by atoms with Crippen molar-refractivity contribution in [3.63, 3.8) is 0 Å². The molecular weight excluding hydrogens is 378 g/mol. The number of amides is 2. The van der Waals surface area contributed by atoms with Crippen LogP contribution in [-0.4, -0.2) is 48.5 Å². The fourth-order valence-corrected chi connectivity index (χ4v) is 4.20. The number of carbonyl (C=O) groups is 2. The van der Waals surface area contributed by atoms with E-state index in [4.69, 9.17) is 4.74 Å². The van der Waals surface area contributed by atoms with Crippen molar-refractivity contribution in [3.05, 3.63) is 59.7 Å². The number of likely N-dealkylation sites (tertiary alicyclic amines) is 1. The molecule has 1 atom stereocenters. The molecule has 2 aromatic carbocycles. The maximum atomic E-state index is 12.7. The number of aryl methyl sites for hydroxylation is 1. The number of benzene rings is 2. The molecule has 0 radical (unpaired) electrons. The van der Waals surface area contributed by atoms with Crippen LogP contribution in [0.2, 0.25) is 0 Å². The van der Waals surface area contributed by atoms with Crippen LogP contribution >= 0.6 is 0 Å². The van der Waals surface area contributed by atoms with E-state index >= 15 is 0 Å². The van der Waals surface area contributed by atoms with E-state index in [-0.39, 0.29) is 24.4 Å². The van der Waals surface area contributed by atoms with Crippen LogP contribution in [0.1, 0.15) is 30.9 Å². The highest BCUT2D eigenvalue weighted by Crippen LogP contribution is 2.33. The van der Waals surface area contributed by atoms with Gasteiger partial charge in [0.2, 0.25) is 5.91 Å². The molecule has 2 aliphatic rings. The summed E-state index contributed by atoms with van der Waals surface area (Å²) < 4.78 is 5.65. The van der Waals surface area contributed by atoms with Crippen LogP contribution in [0.25, 0.3) is 0 Å². The smallest absolute Gasteiger partial charge is 0.268 e. The molecule has 4 rings (SSSR count). The molecule has 2 amide bonds. The van der Waals surface area contributed by atoms with Crippen LogP contribution in [0.5, 0.6) is 5.75 Å². The van der Waals surface area contributed by atoms with Gasteiger partial charge in [0.05, 0.1) is 5.69 Å². The Bertz CT molecular complexity index is 921. The minimum atomic E-state index is -0.586. The summed E-state index contributed by atoms with van der Waals surface area (Å²) in [6, 6.07) is 16.0. The molecule has 2 heterocycles. The molecule has 0 unspecified atom stereocenters. The second-order valence-electron chi connectivity index (χ2n) is 8.20. The van der Waals surface area contributed by atoms with Gasteiger partial charge < -0.3 is 10.1 Å². The zero-order chi connectivity index (χ0) is 21.1. The zero-order valence-electron chi connectivity index (χ0n) is 17.6. The number of ether oxygens (including phenoxy) is 1. The topological polar surface area (TPSA) is 61.9 Å². The van der Waals surface area contributed by atoms with Gasteiger partial charge in [-0.2, -0.15) is 0 Å². The van der Waals surface area contributed by atoms with Crippen molar-refractivity contribution in [2.45, 2.75) is 45.4 Å². The summed E-state index contributed by atoms with van der Waals surface area (Å²) in [7, 11) is 0. The fraction of sp³-hybridized carbons (Fsp3) is 0.417. The lowest BCUT2D eigenvalue weighted by Gasteiger charge is -2.34. The van der Waals surface area contributed by atoms with Crippen LogP contribution in [0.15, 0.2) is 48.5 Å². The Hall–Kier alpha value is -2.86. The molecular formula is C24H29N3O3. The second-order valence-corrected chi connectivity index (χ2v) is 8.20. The quantitative estimate of drug-likeness (QED) is 0.828. The summed E-state index contributed by atoms with van der Waals surface area (Å²) in [5.41, 5.74) is 3.33. The minimum absolute atomic E-state index is 0.0208. The number of rotatable bonds is 5. The minimum Gasteiger partial charge on any atom is -0.479 e. The predicted molar refractivity (Wildman–Crippen MR) is 117 cm³/mol. The second kappa shape index (κ2) is 8.88. The van der Waals surface area contributed by atoms with Gasteiger partial charge in [0.25, 0.3) is 5.91 Å². The number of anilines is 1. The van der Waals surface area contributed by atoms with E-state index < -0.39 is 6.10 Å². The van der Waals surface area contributed by atoms with Crippen molar-refractivity contribution < 1.29 is 14.3 Å². The lowest BCUT2D eigenvalue weighted by atomic mass is 10.0. The molecule has 2 aliphatic heterocycles. The van der Waals surface area contributed by atoms with Crippen molar-refractivity contribution >= 4 is 17.5 Å². The van der Waals surface area contributed by atoms with Crippen LogP contribution < -0.4 is 15.0 Å². The molecule has 30 heavy (non-hydrogen) atoms. The highest BCUT2D eigenvalue weighted by atomic mass is 16.5. The number of para-hydroxylation sites is 2. The normalized spacial score (nSPS) is 19.9. The number of nitrogens with zero attached hydrogens (tertiary/aromatic N) is 2. The lowest BCUT2D eigenvalue weighted by molar-refractivity contribution is -0.128. The largest absolute Gasteiger partial charge is 0.479 e. The van der Waals surface area contributed by atoms with E-state index in [1.807, 2.05) is 24.3 Å². The van der Waals surface area contributed by atoms with Gasteiger partial charge in [-0.25, -0.2) is 0 Å². The Labute approximate surface area is 177 Å². The van der Waals surface area contributed by atoms with Gasteiger partial charge in [-0.3, -0.25) is 19.4 Å². The maximum absolute atomic E-state index is 12.7. The van der Waals surface area contributed by atoms with Gasteiger partial charge in [-0.05, 0) is 49.9 Å². The number of hydrogen-bond donors (Lipinski definition) is 1. The third-order valence-corrected chi connectivity index (χ3v) is 5.98. The van der Waals surface area contributed by atoms with Gasteiger partial charge in [0, 0.05) is 25.7 Å². The summed E-state index contributed by atoms with van der Waals surface area (Å²) in [5.74, 6) is 0.337. The number of carbonyl (C=O) groups excluding carboxylic acids is 2. The Kier molecular flexibility index (Phi) is 6.04. The standard InChI is InChI=1S/C24H29N3O3/c1-17-7-3-4-8-19(17)15-26-13-11-20(12-14-26)25-23(28)16-27-21-9-5-6-10-22(21)30-18(2)24(27)29/h3-10,18,20H,11-16H2,1-2H3,(H,25,28)/t18-/m1/s1. The summed E-state index contributed by atoms with van der Waals surface area (Å²) in [5, 5.41) is 3.13. The molecule has 1 fully saturated rings. The molecule has 1 saturated heterocycles. The Morgan fingerprint density at radius 2 is 1.80 bits per heavy atom. The van der Waals surface area contributed by atoms with Crippen LogP contribution in [0.4, 0.5) is 5.69 Å². The van der Waals surface area contributed by atoms with E-state index in [2.05, 4.69) is 41.4 Å².